The molecule has 1 fully saturated rings. The van der Waals surface area contributed by atoms with E-state index in [-0.39, 0.29) is 24.4 Å². The van der Waals surface area contributed by atoms with E-state index in [1.165, 1.54) is 12.8 Å². The quantitative estimate of drug-likeness (QED) is 0.557. The summed E-state index contributed by atoms with van der Waals surface area (Å²) in [4.78, 5) is 21.9. The van der Waals surface area contributed by atoms with Crippen molar-refractivity contribution in [2.75, 3.05) is 13.1 Å². The smallest absolute Gasteiger partial charge is 0.332 e. The van der Waals surface area contributed by atoms with Gasteiger partial charge in [-0.25, -0.2) is 9.59 Å². The molecule has 1 aliphatic rings. The Labute approximate surface area is 113 Å². The highest BCUT2D eigenvalue weighted by atomic mass is 16.4. The van der Waals surface area contributed by atoms with Crippen LogP contribution < -0.4 is 10.6 Å². The van der Waals surface area contributed by atoms with Crippen LogP contribution in [0.15, 0.2) is 0 Å². The molecule has 1 rings (SSSR count). The van der Waals surface area contributed by atoms with Crippen LogP contribution in [0.4, 0.5) is 4.79 Å². The van der Waals surface area contributed by atoms with Crippen LogP contribution in [0, 0.1) is 5.41 Å². The molecule has 0 saturated heterocycles. The molecule has 0 bridgehead atoms. The molecule has 6 nitrogen and oxygen atoms in total. The first-order valence-corrected chi connectivity index (χ1v) is 6.92. The van der Waals surface area contributed by atoms with Crippen LogP contribution in [-0.2, 0) is 4.79 Å². The molecule has 0 aliphatic heterocycles. The maximum Gasteiger partial charge on any atom is 0.332 e. The maximum absolute atomic E-state index is 11.6. The monoisotopic (exact) mass is 272 g/mol. The number of rotatable bonds is 7. The Morgan fingerprint density at radius 1 is 1.26 bits per heavy atom. The van der Waals surface area contributed by atoms with Gasteiger partial charge in [0.1, 0.15) is 0 Å². The molecule has 1 atom stereocenters. The number of urea groups is 1. The van der Waals surface area contributed by atoms with Crippen molar-refractivity contribution < 1.29 is 19.8 Å². The van der Waals surface area contributed by atoms with E-state index in [1.54, 1.807) is 0 Å². The second-order valence-electron chi connectivity index (χ2n) is 5.31. The number of carboxylic acid groups (broad SMARTS) is 1. The summed E-state index contributed by atoms with van der Waals surface area (Å²) in [5.41, 5.74) is 0.234. The molecule has 110 valence electrons. The number of aliphatic carboxylic acids is 1. The lowest BCUT2D eigenvalue weighted by Crippen LogP contribution is -2.42. The van der Waals surface area contributed by atoms with E-state index in [0.717, 1.165) is 19.3 Å². The van der Waals surface area contributed by atoms with Gasteiger partial charge >= 0.3 is 12.0 Å². The van der Waals surface area contributed by atoms with E-state index in [0.29, 0.717) is 6.54 Å². The molecule has 0 aromatic heterocycles. The molecule has 6 heteroatoms. The first-order chi connectivity index (χ1) is 8.99. The Balaban J connectivity index is 2.19. The molecule has 0 spiro atoms. The molecule has 2 amide bonds. The second kappa shape index (κ2) is 7.33. The molecule has 1 unspecified atom stereocenters. The Morgan fingerprint density at radius 3 is 2.42 bits per heavy atom. The summed E-state index contributed by atoms with van der Waals surface area (Å²) >= 11 is 0. The summed E-state index contributed by atoms with van der Waals surface area (Å²) < 4.78 is 0. The van der Waals surface area contributed by atoms with E-state index in [1.807, 2.05) is 0 Å². The number of hydrogen-bond donors (Lipinski definition) is 4. The van der Waals surface area contributed by atoms with Crippen molar-refractivity contribution in [2.24, 2.45) is 5.41 Å². The van der Waals surface area contributed by atoms with Crippen molar-refractivity contribution in [1.82, 2.24) is 10.6 Å². The van der Waals surface area contributed by atoms with Gasteiger partial charge in [0.2, 0.25) is 0 Å². The Morgan fingerprint density at radius 2 is 1.89 bits per heavy atom. The molecule has 0 heterocycles. The fourth-order valence-electron chi connectivity index (χ4n) is 2.56. The Hall–Kier alpha value is -1.30. The van der Waals surface area contributed by atoms with Crippen LogP contribution in [-0.4, -0.2) is 41.4 Å². The van der Waals surface area contributed by atoms with Gasteiger partial charge in [-0.05, 0) is 24.7 Å². The summed E-state index contributed by atoms with van der Waals surface area (Å²) in [6.07, 6.45) is 4.41. The van der Waals surface area contributed by atoms with Gasteiger partial charge in [-0.2, -0.15) is 0 Å². The van der Waals surface area contributed by atoms with Crippen molar-refractivity contribution >= 4 is 12.0 Å². The number of nitrogens with one attached hydrogen (secondary N) is 2. The highest BCUT2D eigenvalue weighted by molar-refractivity contribution is 5.74. The van der Waals surface area contributed by atoms with Crippen molar-refractivity contribution in [3.63, 3.8) is 0 Å². The minimum absolute atomic E-state index is 0.0155. The fraction of sp³-hybridized carbons (Fsp3) is 0.846. The lowest BCUT2D eigenvalue weighted by molar-refractivity contribution is -0.146. The molecule has 19 heavy (non-hydrogen) atoms. The third-order valence-corrected chi connectivity index (χ3v) is 4.03. The van der Waals surface area contributed by atoms with Gasteiger partial charge in [-0.3, -0.25) is 0 Å². The number of carboxylic acids is 1. The molecule has 0 aromatic carbocycles. The average molecular weight is 272 g/mol. The normalized spacial score (nSPS) is 18.8. The summed E-state index contributed by atoms with van der Waals surface area (Å²) in [5, 5.41) is 22.9. The zero-order valence-corrected chi connectivity index (χ0v) is 11.4. The summed E-state index contributed by atoms with van der Waals surface area (Å²) in [5.74, 6) is -1.27. The highest BCUT2D eigenvalue weighted by Gasteiger charge is 2.32. The van der Waals surface area contributed by atoms with Crippen molar-refractivity contribution in [3.8, 4) is 0 Å². The van der Waals surface area contributed by atoms with Gasteiger partial charge in [-0.1, -0.05) is 19.8 Å². The van der Waals surface area contributed by atoms with Crippen LogP contribution in [0.5, 0.6) is 0 Å². The minimum Gasteiger partial charge on any atom is -0.479 e. The van der Waals surface area contributed by atoms with Crippen molar-refractivity contribution in [1.29, 1.82) is 0 Å². The van der Waals surface area contributed by atoms with Gasteiger partial charge in [0.25, 0.3) is 0 Å². The molecule has 0 radical (unpaired) electrons. The van der Waals surface area contributed by atoms with Crippen LogP contribution in [0.3, 0.4) is 0 Å². The highest BCUT2D eigenvalue weighted by Crippen LogP contribution is 2.40. The number of carbonyl (C=O) groups excluding carboxylic acids is 1. The summed E-state index contributed by atoms with van der Waals surface area (Å²) in [7, 11) is 0. The third-order valence-electron chi connectivity index (χ3n) is 4.03. The lowest BCUT2D eigenvalue weighted by Gasteiger charge is -2.27. The van der Waals surface area contributed by atoms with E-state index in [4.69, 9.17) is 10.2 Å². The third kappa shape index (κ3) is 5.06. The second-order valence-corrected chi connectivity index (χ2v) is 5.31. The first kappa shape index (κ1) is 15.8. The van der Waals surface area contributed by atoms with Gasteiger partial charge in [0, 0.05) is 19.5 Å². The molecule has 1 aliphatic carbocycles. The van der Waals surface area contributed by atoms with Crippen LogP contribution >= 0.6 is 0 Å². The van der Waals surface area contributed by atoms with Gasteiger partial charge in [-0.15, -0.1) is 0 Å². The number of hydrogen-bond acceptors (Lipinski definition) is 3. The minimum atomic E-state index is -1.42. The van der Waals surface area contributed by atoms with Crippen molar-refractivity contribution in [3.05, 3.63) is 0 Å². The number of aliphatic hydroxyl groups is 1. The van der Waals surface area contributed by atoms with Crippen LogP contribution in [0.25, 0.3) is 0 Å². The maximum atomic E-state index is 11.6. The Kier molecular flexibility index (Phi) is 6.08. The molecular weight excluding hydrogens is 248 g/mol. The number of aliphatic hydroxyl groups excluding tert-OH is 1. The Bertz CT molecular complexity index is 314. The predicted molar refractivity (Wildman–Crippen MR) is 70.9 cm³/mol. The van der Waals surface area contributed by atoms with E-state index in [9.17, 15) is 9.59 Å². The average Bonchev–Trinajstić information content (AvgIpc) is 2.85. The lowest BCUT2D eigenvalue weighted by atomic mass is 9.83. The van der Waals surface area contributed by atoms with E-state index >= 15 is 0 Å². The van der Waals surface area contributed by atoms with E-state index < -0.39 is 12.1 Å². The van der Waals surface area contributed by atoms with Crippen LogP contribution in [0.2, 0.25) is 0 Å². The van der Waals surface area contributed by atoms with Crippen molar-refractivity contribution in [2.45, 2.75) is 51.6 Å². The standard InChI is InChI=1S/C13H24N2O4/c1-2-13(6-3-4-7-13)9-15-12(19)14-8-5-10(16)11(17)18/h10,16H,2-9H2,1H3,(H,17,18)(H2,14,15,19). The number of carbonyl (C=O) groups is 2. The first-order valence-electron chi connectivity index (χ1n) is 6.92. The summed E-state index contributed by atoms with van der Waals surface area (Å²) in [6.45, 7) is 2.96. The van der Waals surface area contributed by atoms with Gasteiger partial charge in [0.15, 0.2) is 6.10 Å². The molecule has 4 N–H and O–H groups in total. The largest absolute Gasteiger partial charge is 0.479 e. The predicted octanol–water partition coefficient (Wildman–Crippen LogP) is 1.09. The molecule has 1 saturated carbocycles. The molecular formula is C13H24N2O4. The zero-order valence-electron chi connectivity index (χ0n) is 11.4. The van der Waals surface area contributed by atoms with Crippen LogP contribution in [0.1, 0.15) is 45.4 Å². The fourth-order valence-corrected chi connectivity index (χ4v) is 2.56. The number of amides is 2. The zero-order chi connectivity index (χ0) is 14.3. The SMILES string of the molecule is CCC1(CNC(=O)NCCC(O)C(=O)O)CCCC1. The molecule has 0 aromatic rings. The summed E-state index contributed by atoms with van der Waals surface area (Å²) in [6, 6.07) is -0.294. The van der Waals surface area contributed by atoms with Gasteiger partial charge < -0.3 is 20.8 Å². The van der Waals surface area contributed by atoms with E-state index in [2.05, 4.69) is 17.6 Å². The topological polar surface area (TPSA) is 98.7 Å². The van der Waals surface area contributed by atoms with Gasteiger partial charge in [0.05, 0.1) is 0 Å².